The number of hydrogen-bond acceptors (Lipinski definition) is 4. The smallest absolute Gasteiger partial charge is 0.160 e. The Morgan fingerprint density at radius 2 is 2.00 bits per heavy atom. The topological polar surface area (TPSA) is 57.8 Å². The highest BCUT2D eigenvalue weighted by atomic mass is 79.9. The lowest BCUT2D eigenvalue weighted by Gasteiger charge is -2.09. The summed E-state index contributed by atoms with van der Waals surface area (Å²) < 4.78 is 10.6. The van der Waals surface area contributed by atoms with Gasteiger partial charge in [-0.3, -0.25) is 0 Å². The summed E-state index contributed by atoms with van der Waals surface area (Å²) in [5, 5.41) is 4.82. The molecule has 5 rings (SSSR count). The van der Waals surface area contributed by atoms with Crippen molar-refractivity contribution in [2.45, 2.75) is 19.9 Å². The van der Waals surface area contributed by atoms with Gasteiger partial charge in [0.05, 0.1) is 37.1 Å². The molecule has 1 aliphatic heterocycles. The molecule has 0 atom stereocenters. The van der Waals surface area contributed by atoms with Crippen LogP contribution in [0.2, 0.25) is 0 Å². The predicted octanol–water partition coefficient (Wildman–Crippen LogP) is 4.58. The van der Waals surface area contributed by atoms with E-state index in [-0.39, 0.29) is 12.4 Å². The Kier molecular flexibility index (Phi) is 5.19. The molecule has 4 aromatic rings. The van der Waals surface area contributed by atoms with Gasteiger partial charge in [-0.1, -0.05) is 34.1 Å². The van der Waals surface area contributed by atoms with Gasteiger partial charge < -0.3 is 9.30 Å². The third kappa shape index (κ3) is 3.34. The molecular weight excluding hydrogens is 454 g/mol. The van der Waals surface area contributed by atoms with E-state index in [4.69, 9.17) is 14.8 Å². The molecule has 6 nitrogen and oxygen atoms in total. The zero-order chi connectivity index (χ0) is 19.3. The van der Waals surface area contributed by atoms with Crippen LogP contribution < -0.4 is 4.74 Å². The van der Waals surface area contributed by atoms with E-state index >= 15 is 0 Å². The molecule has 1 aliphatic rings. The number of benzene rings is 2. The molecule has 3 heterocycles. The van der Waals surface area contributed by atoms with Crippen LogP contribution >= 0.6 is 28.3 Å². The number of hydrogen-bond donors (Lipinski definition) is 0. The second kappa shape index (κ2) is 7.65. The predicted molar refractivity (Wildman–Crippen MR) is 117 cm³/mol. The number of para-hydroxylation sites is 1. The van der Waals surface area contributed by atoms with Crippen molar-refractivity contribution in [3.05, 3.63) is 76.0 Å². The second-order valence-electron chi connectivity index (χ2n) is 6.81. The Morgan fingerprint density at radius 3 is 2.83 bits per heavy atom. The molecule has 0 radical (unpaired) electrons. The summed E-state index contributed by atoms with van der Waals surface area (Å²) in [5.41, 5.74) is 5.29. The monoisotopic (exact) mass is 471 g/mol. The number of halogens is 2. The lowest BCUT2D eigenvalue weighted by molar-refractivity contribution is 0.410. The van der Waals surface area contributed by atoms with E-state index in [2.05, 4.69) is 43.7 Å². The van der Waals surface area contributed by atoms with Gasteiger partial charge in [-0.05, 0) is 31.2 Å². The van der Waals surface area contributed by atoms with Gasteiger partial charge in [0.15, 0.2) is 11.6 Å². The maximum Gasteiger partial charge on any atom is 0.160 e. The summed E-state index contributed by atoms with van der Waals surface area (Å²) in [6.07, 6.45) is 2.49. The van der Waals surface area contributed by atoms with E-state index < -0.39 is 0 Å². The van der Waals surface area contributed by atoms with Gasteiger partial charge >= 0.3 is 0 Å². The first-order chi connectivity index (χ1) is 13.6. The van der Waals surface area contributed by atoms with Crippen molar-refractivity contribution in [3.8, 4) is 22.8 Å². The van der Waals surface area contributed by atoms with Crippen molar-refractivity contribution < 1.29 is 4.74 Å². The van der Waals surface area contributed by atoms with Crippen LogP contribution in [0.1, 0.15) is 22.8 Å². The van der Waals surface area contributed by atoms with Gasteiger partial charge in [0.25, 0.3) is 0 Å². The SMILES string of the molecule is COc1ccccc1Cc1nc2n(n1)Cc1c(C)ncn1-c1ccc(Br)cc1-2.Cl. The third-order valence-electron chi connectivity index (χ3n) is 5.09. The lowest BCUT2D eigenvalue weighted by Crippen LogP contribution is -2.06. The molecule has 29 heavy (non-hydrogen) atoms. The second-order valence-corrected chi connectivity index (χ2v) is 7.72. The van der Waals surface area contributed by atoms with Crippen molar-refractivity contribution in [1.82, 2.24) is 24.3 Å². The van der Waals surface area contributed by atoms with E-state index in [1.807, 2.05) is 42.2 Å². The Hall–Kier alpha value is -2.64. The summed E-state index contributed by atoms with van der Waals surface area (Å²) in [5.74, 6) is 2.49. The molecule has 0 saturated heterocycles. The van der Waals surface area contributed by atoms with Crippen LogP contribution in [-0.2, 0) is 13.0 Å². The maximum absolute atomic E-state index is 5.48. The van der Waals surface area contributed by atoms with Crippen molar-refractivity contribution >= 4 is 28.3 Å². The molecule has 0 N–H and O–H groups in total. The van der Waals surface area contributed by atoms with Crippen molar-refractivity contribution in [2.24, 2.45) is 0 Å². The van der Waals surface area contributed by atoms with Crippen molar-refractivity contribution in [1.29, 1.82) is 0 Å². The highest BCUT2D eigenvalue weighted by Gasteiger charge is 2.24. The van der Waals surface area contributed by atoms with Crippen LogP contribution in [0, 0.1) is 6.92 Å². The first kappa shape index (κ1) is 19.7. The number of rotatable bonds is 3. The highest BCUT2D eigenvalue weighted by molar-refractivity contribution is 9.10. The maximum atomic E-state index is 5.48. The standard InChI is InChI=1S/C21H18BrN5O.ClH/c1-13-18-11-27-21(16-10-15(22)7-8-17(16)26(18)12-23-13)24-20(25-27)9-14-5-3-4-6-19(14)28-2;/h3-8,10,12H,9,11H2,1-2H3;1H. The largest absolute Gasteiger partial charge is 0.496 e. The Morgan fingerprint density at radius 1 is 1.17 bits per heavy atom. The molecule has 0 unspecified atom stereocenters. The summed E-state index contributed by atoms with van der Waals surface area (Å²) in [6.45, 7) is 2.66. The minimum atomic E-state index is 0. The number of nitrogens with zero attached hydrogens (tertiary/aromatic N) is 5. The van der Waals surface area contributed by atoms with E-state index in [1.165, 1.54) is 0 Å². The number of ether oxygens (including phenoxy) is 1. The van der Waals surface area contributed by atoms with E-state index in [1.54, 1.807) is 7.11 Å². The van der Waals surface area contributed by atoms with Crippen LogP contribution in [0.5, 0.6) is 5.75 Å². The van der Waals surface area contributed by atoms with Gasteiger partial charge in [0, 0.05) is 22.0 Å². The molecule has 0 fully saturated rings. The van der Waals surface area contributed by atoms with Crippen molar-refractivity contribution in [2.75, 3.05) is 7.11 Å². The Labute approximate surface area is 183 Å². The van der Waals surface area contributed by atoms with E-state index in [0.717, 1.165) is 50.1 Å². The average molecular weight is 473 g/mol. The number of imidazole rings is 1. The lowest BCUT2D eigenvalue weighted by atomic mass is 10.1. The fourth-order valence-electron chi connectivity index (χ4n) is 3.69. The molecule has 0 amide bonds. The van der Waals surface area contributed by atoms with Crippen LogP contribution in [-0.4, -0.2) is 31.4 Å². The van der Waals surface area contributed by atoms with Crippen LogP contribution in [0.25, 0.3) is 17.1 Å². The van der Waals surface area contributed by atoms with Crippen LogP contribution in [0.3, 0.4) is 0 Å². The van der Waals surface area contributed by atoms with Crippen LogP contribution in [0.4, 0.5) is 0 Å². The van der Waals surface area contributed by atoms with E-state index in [0.29, 0.717) is 13.0 Å². The highest BCUT2D eigenvalue weighted by Crippen LogP contribution is 2.34. The molecule has 8 heteroatoms. The Balaban J connectivity index is 0.00000205. The number of aryl methyl sites for hydroxylation is 1. The number of methoxy groups -OCH3 is 1. The van der Waals surface area contributed by atoms with Gasteiger partial charge in [0.2, 0.25) is 0 Å². The first-order valence-corrected chi connectivity index (χ1v) is 9.82. The molecule has 0 saturated carbocycles. The third-order valence-corrected chi connectivity index (χ3v) is 5.58. The Bertz CT molecular complexity index is 1200. The number of aromatic nitrogens is 5. The van der Waals surface area contributed by atoms with E-state index in [9.17, 15) is 0 Å². The first-order valence-electron chi connectivity index (χ1n) is 9.03. The van der Waals surface area contributed by atoms with Gasteiger partial charge in [-0.2, -0.15) is 5.10 Å². The van der Waals surface area contributed by atoms with Crippen LogP contribution in [0.15, 0.2) is 53.3 Å². The zero-order valence-corrected chi connectivity index (χ0v) is 18.4. The molecular formula is C21H19BrClN5O. The average Bonchev–Trinajstić information content (AvgIpc) is 3.23. The fourth-order valence-corrected chi connectivity index (χ4v) is 4.05. The minimum Gasteiger partial charge on any atom is -0.496 e. The molecule has 2 aromatic carbocycles. The fraction of sp³-hybridized carbons (Fsp3) is 0.190. The summed E-state index contributed by atoms with van der Waals surface area (Å²) in [7, 11) is 1.69. The van der Waals surface area contributed by atoms with Crippen molar-refractivity contribution in [3.63, 3.8) is 0 Å². The minimum absolute atomic E-state index is 0. The van der Waals surface area contributed by atoms with Gasteiger partial charge in [-0.25, -0.2) is 14.6 Å². The normalized spacial score (nSPS) is 11.7. The molecule has 2 aromatic heterocycles. The van der Waals surface area contributed by atoms with Gasteiger partial charge in [-0.15, -0.1) is 12.4 Å². The van der Waals surface area contributed by atoms with Gasteiger partial charge in [0.1, 0.15) is 5.75 Å². The zero-order valence-electron chi connectivity index (χ0n) is 16.0. The quantitative estimate of drug-likeness (QED) is 0.385. The number of fused-ring (bicyclic) bond motifs is 5. The summed E-state index contributed by atoms with van der Waals surface area (Å²) in [6, 6.07) is 14.2. The molecule has 0 bridgehead atoms. The molecule has 0 spiro atoms. The summed E-state index contributed by atoms with van der Waals surface area (Å²) in [4.78, 5) is 9.40. The molecule has 0 aliphatic carbocycles. The summed E-state index contributed by atoms with van der Waals surface area (Å²) >= 11 is 3.59. The molecule has 148 valence electrons.